The second-order valence-electron chi connectivity index (χ2n) is 6.76. The van der Waals surface area contributed by atoms with Crippen LogP contribution in [0.25, 0.3) is 16.7 Å². The number of halogens is 2. The molecule has 1 atom stereocenters. The highest BCUT2D eigenvalue weighted by Crippen LogP contribution is 2.30. The number of aromatic nitrogens is 2. The van der Waals surface area contributed by atoms with Crippen LogP contribution < -0.4 is 0 Å². The van der Waals surface area contributed by atoms with Crippen LogP contribution in [0.2, 0.25) is 0 Å². The summed E-state index contributed by atoms with van der Waals surface area (Å²) in [5.41, 5.74) is 3.50. The number of hydrogen-bond donors (Lipinski definition) is 0. The molecule has 0 amide bonds. The largest absolute Gasteiger partial charge is 0.297 e. The van der Waals surface area contributed by atoms with Gasteiger partial charge in [0, 0.05) is 17.2 Å². The number of ketones is 1. The molecule has 3 aromatic carbocycles. The van der Waals surface area contributed by atoms with Crippen molar-refractivity contribution in [3.63, 3.8) is 0 Å². The van der Waals surface area contributed by atoms with E-state index in [2.05, 4.69) is 0 Å². The van der Waals surface area contributed by atoms with Crippen molar-refractivity contribution in [3.05, 3.63) is 95.3 Å². The van der Waals surface area contributed by atoms with E-state index in [4.69, 9.17) is 4.98 Å². The number of para-hydroxylation sites is 2. The van der Waals surface area contributed by atoms with Crippen LogP contribution in [0.3, 0.4) is 0 Å². The molecule has 0 radical (unpaired) electrons. The Balaban J connectivity index is 1.81. The summed E-state index contributed by atoms with van der Waals surface area (Å²) in [5.74, 6) is -2.02. The lowest BCUT2D eigenvalue weighted by Crippen LogP contribution is -2.11. The van der Waals surface area contributed by atoms with E-state index in [1.165, 1.54) is 6.07 Å². The first-order valence-corrected chi connectivity index (χ1v) is 9.00. The minimum absolute atomic E-state index is 0.141. The number of Topliss-reactive ketones (excluding diaryl/α,β-unsaturated/α-hetero) is 1. The van der Waals surface area contributed by atoms with Crippen molar-refractivity contribution >= 4 is 16.8 Å². The Bertz CT molecular complexity index is 1180. The molecule has 1 heterocycles. The lowest BCUT2D eigenvalue weighted by molar-refractivity contribution is 0.0966. The Morgan fingerprint density at radius 1 is 0.964 bits per heavy atom. The highest BCUT2D eigenvalue weighted by atomic mass is 19.2. The number of carbonyl (C=O) groups excluding carboxylic acids is 1. The van der Waals surface area contributed by atoms with Crippen molar-refractivity contribution in [3.8, 4) is 5.69 Å². The van der Waals surface area contributed by atoms with E-state index in [1.54, 1.807) is 6.92 Å². The molecule has 4 aromatic rings. The van der Waals surface area contributed by atoms with Crippen molar-refractivity contribution in [1.82, 2.24) is 9.55 Å². The molecule has 0 saturated heterocycles. The Hall–Kier alpha value is -3.34. The Labute approximate surface area is 161 Å². The maximum Gasteiger partial charge on any atom is 0.170 e. The average Bonchev–Trinajstić information content (AvgIpc) is 3.05. The summed E-state index contributed by atoms with van der Waals surface area (Å²) in [6.07, 6.45) is 0. The first-order valence-electron chi connectivity index (χ1n) is 9.00. The predicted octanol–water partition coefficient (Wildman–Crippen LogP) is 5.60. The maximum atomic E-state index is 13.6. The molecule has 4 rings (SSSR count). The third-order valence-corrected chi connectivity index (χ3v) is 4.96. The number of carbonyl (C=O) groups is 1. The van der Waals surface area contributed by atoms with Crippen molar-refractivity contribution in [1.29, 1.82) is 0 Å². The van der Waals surface area contributed by atoms with Crippen LogP contribution in [-0.2, 0) is 0 Å². The highest BCUT2D eigenvalue weighted by Gasteiger charge is 2.23. The van der Waals surface area contributed by atoms with Crippen molar-refractivity contribution < 1.29 is 13.6 Å². The van der Waals surface area contributed by atoms with Gasteiger partial charge in [0.2, 0.25) is 0 Å². The molecule has 5 heteroatoms. The summed E-state index contributed by atoms with van der Waals surface area (Å²) < 4.78 is 28.8. The fraction of sp³-hybridized carbons (Fsp3) is 0.130. The second-order valence-corrected chi connectivity index (χ2v) is 6.76. The van der Waals surface area contributed by atoms with Gasteiger partial charge in [-0.2, -0.15) is 0 Å². The summed E-state index contributed by atoms with van der Waals surface area (Å²) in [7, 11) is 0. The first-order chi connectivity index (χ1) is 13.5. The van der Waals surface area contributed by atoms with E-state index in [-0.39, 0.29) is 11.3 Å². The lowest BCUT2D eigenvalue weighted by atomic mass is 9.91. The van der Waals surface area contributed by atoms with E-state index in [0.717, 1.165) is 40.2 Å². The maximum absolute atomic E-state index is 13.6. The van der Waals surface area contributed by atoms with E-state index in [9.17, 15) is 13.6 Å². The molecule has 0 spiro atoms. The average molecular weight is 376 g/mol. The third-order valence-electron chi connectivity index (χ3n) is 4.96. The SMILES string of the molecule is Cc1nc2c(C(C)C(=O)c3ccc(F)c(F)c3)cccc2n1-c1ccccc1. The van der Waals surface area contributed by atoms with Crippen molar-refractivity contribution in [2.45, 2.75) is 19.8 Å². The van der Waals surface area contributed by atoms with Gasteiger partial charge in [0.15, 0.2) is 17.4 Å². The second kappa shape index (κ2) is 7.00. The molecule has 3 nitrogen and oxygen atoms in total. The van der Waals surface area contributed by atoms with Gasteiger partial charge in [-0.25, -0.2) is 13.8 Å². The highest BCUT2D eigenvalue weighted by molar-refractivity contribution is 6.02. The van der Waals surface area contributed by atoms with Gasteiger partial charge < -0.3 is 0 Å². The Morgan fingerprint density at radius 3 is 2.43 bits per heavy atom. The molecule has 1 unspecified atom stereocenters. The molecule has 28 heavy (non-hydrogen) atoms. The van der Waals surface area contributed by atoms with Gasteiger partial charge in [0.25, 0.3) is 0 Å². The van der Waals surface area contributed by atoms with Gasteiger partial charge in [-0.3, -0.25) is 9.36 Å². The van der Waals surface area contributed by atoms with Crippen LogP contribution in [0.1, 0.15) is 34.6 Å². The molecule has 0 fully saturated rings. The number of benzene rings is 3. The molecular weight excluding hydrogens is 358 g/mol. The van der Waals surface area contributed by atoms with Gasteiger partial charge in [-0.05, 0) is 48.9 Å². The van der Waals surface area contributed by atoms with E-state index in [0.29, 0.717) is 0 Å². The quantitative estimate of drug-likeness (QED) is 0.435. The molecule has 0 bridgehead atoms. The Kier molecular flexibility index (Phi) is 4.51. The molecule has 0 saturated carbocycles. The van der Waals surface area contributed by atoms with Crippen LogP contribution in [-0.4, -0.2) is 15.3 Å². The fourth-order valence-corrected chi connectivity index (χ4v) is 3.53. The zero-order valence-corrected chi connectivity index (χ0v) is 15.5. The predicted molar refractivity (Wildman–Crippen MR) is 105 cm³/mol. The van der Waals surface area contributed by atoms with Crippen LogP contribution in [0.4, 0.5) is 8.78 Å². The number of fused-ring (bicyclic) bond motifs is 1. The molecular formula is C23H18F2N2O. The van der Waals surface area contributed by atoms with Gasteiger partial charge in [-0.15, -0.1) is 0 Å². The molecule has 0 aliphatic rings. The molecule has 0 aliphatic heterocycles. The number of nitrogens with zero attached hydrogens (tertiary/aromatic N) is 2. The molecule has 0 N–H and O–H groups in total. The summed E-state index contributed by atoms with van der Waals surface area (Å²) in [5, 5.41) is 0. The van der Waals surface area contributed by atoms with E-state index >= 15 is 0 Å². The summed E-state index contributed by atoms with van der Waals surface area (Å²) in [6.45, 7) is 3.67. The number of rotatable bonds is 4. The minimum atomic E-state index is -1.03. The Morgan fingerprint density at radius 2 is 1.71 bits per heavy atom. The van der Waals surface area contributed by atoms with Crippen LogP contribution in [0, 0.1) is 18.6 Å². The number of imidazole rings is 1. The van der Waals surface area contributed by atoms with Crippen LogP contribution >= 0.6 is 0 Å². The lowest BCUT2D eigenvalue weighted by Gasteiger charge is -2.12. The summed E-state index contributed by atoms with van der Waals surface area (Å²) in [4.78, 5) is 17.6. The van der Waals surface area contributed by atoms with Crippen molar-refractivity contribution in [2.75, 3.05) is 0 Å². The number of hydrogen-bond acceptors (Lipinski definition) is 2. The zero-order chi connectivity index (χ0) is 19.8. The standard InChI is InChI=1S/C23H18F2N2O/c1-14(23(28)16-11-12-19(24)20(25)13-16)18-9-6-10-21-22(18)26-15(2)27(21)17-7-4-3-5-8-17/h3-14H,1-2H3. The smallest absolute Gasteiger partial charge is 0.170 e. The van der Waals surface area contributed by atoms with Crippen LogP contribution in [0.15, 0.2) is 66.7 Å². The minimum Gasteiger partial charge on any atom is -0.297 e. The van der Waals surface area contributed by atoms with E-state index < -0.39 is 17.6 Å². The topological polar surface area (TPSA) is 34.9 Å². The van der Waals surface area contributed by atoms with Crippen molar-refractivity contribution in [2.24, 2.45) is 0 Å². The normalized spacial score (nSPS) is 12.3. The molecule has 1 aromatic heterocycles. The van der Waals surface area contributed by atoms with Gasteiger partial charge in [-0.1, -0.05) is 37.3 Å². The third kappa shape index (κ3) is 2.99. The van der Waals surface area contributed by atoms with Gasteiger partial charge >= 0.3 is 0 Å². The van der Waals surface area contributed by atoms with Gasteiger partial charge in [0.05, 0.1) is 11.0 Å². The summed E-state index contributed by atoms with van der Waals surface area (Å²) in [6, 6.07) is 18.8. The molecule has 0 aliphatic carbocycles. The van der Waals surface area contributed by atoms with Crippen LogP contribution in [0.5, 0.6) is 0 Å². The molecule has 140 valence electrons. The number of aryl methyl sites for hydroxylation is 1. The monoisotopic (exact) mass is 376 g/mol. The van der Waals surface area contributed by atoms with Gasteiger partial charge in [0.1, 0.15) is 5.82 Å². The summed E-state index contributed by atoms with van der Waals surface area (Å²) >= 11 is 0. The first kappa shape index (κ1) is 18.0. The van der Waals surface area contributed by atoms with E-state index in [1.807, 2.05) is 60.0 Å². The fourth-order valence-electron chi connectivity index (χ4n) is 3.53. The zero-order valence-electron chi connectivity index (χ0n) is 15.5.